The first-order valence-corrected chi connectivity index (χ1v) is 5.58. The molecule has 4 nitrogen and oxygen atoms in total. The Morgan fingerprint density at radius 3 is 2.13 bits per heavy atom. The SMILES string of the molecule is CC(=O)N[C@H](C(=O)N1CCCC1)C(C)C. The first-order valence-electron chi connectivity index (χ1n) is 5.58. The van der Waals surface area contributed by atoms with Gasteiger partial charge in [-0.15, -0.1) is 0 Å². The first kappa shape index (κ1) is 12.0. The molecular formula is C11H20N2O2. The Labute approximate surface area is 91.0 Å². The lowest BCUT2D eigenvalue weighted by atomic mass is 10.0. The third-order valence-corrected chi connectivity index (χ3v) is 2.71. The van der Waals surface area contributed by atoms with Gasteiger partial charge in [0, 0.05) is 20.0 Å². The molecule has 1 saturated heterocycles. The van der Waals surface area contributed by atoms with Gasteiger partial charge in [0.25, 0.3) is 0 Å². The Morgan fingerprint density at radius 1 is 1.20 bits per heavy atom. The van der Waals surface area contributed by atoms with E-state index in [1.165, 1.54) is 6.92 Å². The summed E-state index contributed by atoms with van der Waals surface area (Å²) < 4.78 is 0. The van der Waals surface area contributed by atoms with Crippen LogP contribution in [0.25, 0.3) is 0 Å². The minimum Gasteiger partial charge on any atom is -0.344 e. The van der Waals surface area contributed by atoms with Crippen molar-refractivity contribution in [2.45, 2.75) is 39.7 Å². The fraction of sp³-hybridized carbons (Fsp3) is 0.818. The number of rotatable bonds is 3. The quantitative estimate of drug-likeness (QED) is 0.751. The highest BCUT2D eigenvalue weighted by Crippen LogP contribution is 2.12. The van der Waals surface area contributed by atoms with Gasteiger partial charge < -0.3 is 10.2 Å². The molecule has 1 rings (SSSR count). The number of amides is 2. The van der Waals surface area contributed by atoms with E-state index in [1.54, 1.807) is 0 Å². The molecule has 0 bridgehead atoms. The molecule has 1 aliphatic rings. The Bertz CT molecular complexity index is 245. The lowest BCUT2D eigenvalue weighted by Gasteiger charge is -2.26. The van der Waals surface area contributed by atoms with Gasteiger partial charge in [-0.3, -0.25) is 9.59 Å². The fourth-order valence-corrected chi connectivity index (χ4v) is 1.87. The second-order valence-corrected chi connectivity index (χ2v) is 4.45. The predicted octanol–water partition coefficient (Wildman–Crippen LogP) is 0.769. The van der Waals surface area contributed by atoms with Crippen LogP contribution in [0, 0.1) is 5.92 Å². The first-order chi connectivity index (χ1) is 7.02. The zero-order valence-corrected chi connectivity index (χ0v) is 9.75. The highest BCUT2D eigenvalue weighted by atomic mass is 16.2. The van der Waals surface area contributed by atoms with Gasteiger partial charge in [0.15, 0.2) is 0 Å². The highest BCUT2D eigenvalue weighted by Gasteiger charge is 2.28. The summed E-state index contributed by atoms with van der Waals surface area (Å²) in [6.07, 6.45) is 2.16. The van der Waals surface area contributed by atoms with Crippen LogP contribution in [0.4, 0.5) is 0 Å². The average Bonchev–Trinajstić information content (AvgIpc) is 2.65. The summed E-state index contributed by atoms with van der Waals surface area (Å²) in [5.41, 5.74) is 0. The highest BCUT2D eigenvalue weighted by molar-refractivity contribution is 5.87. The third kappa shape index (κ3) is 3.22. The maximum atomic E-state index is 12.0. The standard InChI is InChI=1S/C11H20N2O2/c1-8(2)10(12-9(3)14)11(15)13-6-4-5-7-13/h8,10H,4-7H2,1-3H3,(H,12,14)/t10-/m0/s1. The van der Waals surface area contributed by atoms with Crippen LogP contribution >= 0.6 is 0 Å². The zero-order chi connectivity index (χ0) is 11.4. The van der Waals surface area contributed by atoms with E-state index >= 15 is 0 Å². The Hall–Kier alpha value is -1.06. The van der Waals surface area contributed by atoms with Gasteiger partial charge in [0.1, 0.15) is 6.04 Å². The molecule has 1 atom stereocenters. The number of likely N-dealkylation sites (tertiary alicyclic amines) is 1. The van der Waals surface area contributed by atoms with E-state index < -0.39 is 0 Å². The van der Waals surface area contributed by atoms with E-state index in [0.717, 1.165) is 25.9 Å². The maximum absolute atomic E-state index is 12.0. The van der Waals surface area contributed by atoms with Crippen molar-refractivity contribution < 1.29 is 9.59 Å². The monoisotopic (exact) mass is 212 g/mol. The van der Waals surface area contributed by atoms with E-state index in [4.69, 9.17) is 0 Å². The van der Waals surface area contributed by atoms with Crippen molar-refractivity contribution in [1.29, 1.82) is 0 Å². The molecule has 15 heavy (non-hydrogen) atoms. The summed E-state index contributed by atoms with van der Waals surface area (Å²) in [6.45, 7) is 7.03. The van der Waals surface area contributed by atoms with Crippen LogP contribution in [0.5, 0.6) is 0 Å². The van der Waals surface area contributed by atoms with E-state index in [9.17, 15) is 9.59 Å². The largest absolute Gasteiger partial charge is 0.344 e. The Balaban J connectivity index is 2.61. The van der Waals surface area contributed by atoms with Crippen LogP contribution in [0.2, 0.25) is 0 Å². The van der Waals surface area contributed by atoms with Crippen LogP contribution in [-0.2, 0) is 9.59 Å². The van der Waals surface area contributed by atoms with E-state index in [2.05, 4.69) is 5.32 Å². The number of hydrogen-bond donors (Lipinski definition) is 1. The van der Waals surface area contributed by atoms with Gasteiger partial charge >= 0.3 is 0 Å². The smallest absolute Gasteiger partial charge is 0.245 e. The molecule has 0 aromatic heterocycles. The molecule has 86 valence electrons. The summed E-state index contributed by atoms with van der Waals surface area (Å²) in [7, 11) is 0. The summed E-state index contributed by atoms with van der Waals surface area (Å²) in [6, 6.07) is -0.361. The van der Waals surface area contributed by atoms with E-state index in [0.29, 0.717) is 0 Å². The Morgan fingerprint density at radius 2 is 1.73 bits per heavy atom. The summed E-state index contributed by atoms with van der Waals surface area (Å²) >= 11 is 0. The van der Waals surface area contributed by atoms with E-state index in [1.807, 2.05) is 18.7 Å². The molecule has 0 aromatic rings. The summed E-state index contributed by atoms with van der Waals surface area (Å²) in [5.74, 6) is 0.0703. The molecule has 2 amide bonds. The molecule has 1 heterocycles. The normalized spacial score (nSPS) is 18.0. The number of nitrogens with zero attached hydrogens (tertiary/aromatic N) is 1. The number of nitrogens with one attached hydrogen (secondary N) is 1. The molecule has 0 unspecified atom stereocenters. The van der Waals surface area contributed by atoms with Gasteiger partial charge in [-0.05, 0) is 18.8 Å². The molecule has 1 aliphatic heterocycles. The number of carbonyl (C=O) groups is 2. The summed E-state index contributed by atoms with van der Waals surface area (Å²) in [5, 5.41) is 2.73. The van der Waals surface area contributed by atoms with Crippen LogP contribution in [-0.4, -0.2) is 35.8 Å². The maximum Gasteiger partial charge on any atom is 0.245 e. The molecule has 0 radical (unpaired) electrons. The van der Waals surface area contributed by atoms with Crippen molar-refractivity contribution in [1.82, 2.24) is 10.2 Å². The molecule has 0 saturated carbocycles. The topological polar surface area (TPSA) is 49.4 Å². The van der Waals surface area contributed by atoms with Crippen molar-refractivity contribution in [3.05, 3.63) is 0 Å². The molecule has 0 aromatic carbocycles. The molecule has 1 fully saturated rings. The molecule has 0 spiro atoms. The molecule has 4 heteroatoms. The van der Waals surface area contributed by atoms with E-state index in [-0.39, 0.29) is 23.8 Å². The fourth-order valence-electron chi connectivity index (χ4n) is 1.87. The van der Waals surface area contributed by atoms with Gasteiger partial charge in [-0.2, -0.15) is 0 Å². The minimum atomic E-state index is -0.361. The van der Waals surface area contributed by atoms with Crippen LogP contribution < -0.4 is 5.32 Å². The lowest BCUT2D eigenvalue weighted by Crippen LogP contribution is -2.49. The summed E-state index contributed by atoms with van der Waals surface area (Å²) in [4.78, 5) is 24.9. The second-order valence-electron chi connectivity index (χ2n) is 4.45. The van der Waals surface area contributed by atoms with Crippen molar-refractivity contribution in [3.8, 4) is 0 Å². The zero-order valence-electron chi connectivity index (χ0n) is 9.75. The van der Waals surface area contributed by atoms with Crippen molar-refractivity contribution >= 4 is 11.8 Å². The van der Waals surface area contributed by atoms with Crippen molar-refractivity contribution in [2.75, 3.05) is 13.1 Å². The number of hydrogen-bond acceptors (Lipinski definition) is 2. The molecule has 0 aliphatic carbocycles. The van der Waals surface area contributed by atoms with Crippen LogP contribution in [0.1, 0.15) is 33.6 Å². The van der Waals surface area contributed by atoms with Crippen molar-refractivity contribution in [2.24, 2.45) is 5.92 Å². The van der Waals surface area contributed by atoms with Gasteiger partial charge in [-0.25, -0.2) is 0 Å². The molecule has 1 N–H and O–H groups in total. The number of carbonyl (C=O) groups excluding carboxylic acids is 2. The molecular weight excluding hydrogens is 192 g/mol. The van der Waals surface area contributed by atoms with Crippen LogP contribution in [0.15, 0.2) is 0 Å². The predicted molar refractivity (Wildman–Crippen MR) is 58.3 cm³/mol. The Kier molecular flexibility index (Phi) is 4.12. The van der Waals surface area contributed by atoms with Crippen molar-refractivity contribution in [3.63, 3.8) is 0 Å². The van der Waals surface area contributed by atoms with Gasteiger partial charge in [-0.1, -0.05) is 13.8 Å². The van der Waals surface area contributed by atoms with Gasteiger partial charge in [0.2, 0.25) is 11.8 Å². The third-order valence-electron chi connectivity index (χ3n) is 2.71. The van der Waals surface area contributed by atoms with Crippen LogP contribution in [0.3, 0.4) is 0 Å². The van der Waals surface area contributed by atoms with Gasteiger partial charge in [0.05, 0.1) is 0 Å². The minimum absolute atomic E-state index is 0.0673. The second kappa shape index (κ2) is 5.14. The lowest BCUT2D eigenvalue weighted by molar-refractivity contribution is -0.136. The average molecular weight is 212 g/mol.